The quantitative estimate of drug-likeness (QED) is 0.215. The van der Waals surface area contributed by atoms with Crippen molar-refractivity contribution in [3.05, 3.63) is 89.0 Å². The Morgan fingerprint density at radius 1 is 0.833 bits per heavy atom. The first-order valence-corrected chi connectivity index (χ1v) is 13.7. The number of hydrogen-bond acceptors (Lipinski definition) is 6. The van der Waals surface area contributed by atoms with Gasteiger partial charge in [0, 0.05) is 18.5 Å². The summed E-state index contributed by atoms with van der Waals surface area (Å²) in [6, 6.07) is 20.5. The first-order chi connectivity index (χ1) is 19.7. The van der Waals surface area contributed by atoms with Crippen LogP contribution in [0.5, 0.6) is 5.75 Å². The summed E-state index contributed by atoms with van der Waals surface area (Å²) in [5.41, 5.74) is 4.18. The van der Waals surface area contributed by atoms with E-state index in [0.717, 1.165) is 22.3 Å². The lowest BCUT2D eigenvalue weighted by Crippen LogP contribution is -2.30. The van der Waals surface area contributed by atoms with E-state index in [1.165, 1.54) is 19.1 Å². The number of nitrogens with zero attached hydrogens (tertiary/aromatic N) is 1. The van der Waals surface area contributed by atoms with E-state index in [1.54, 1.807) is 24.3 Å². The van der Waals surface area contributed by atoms with Gasteiger partial charge in [-0.15, -0.1) is 0 Å². The Hall–Kier alpha value is -3.85. The van der Waals surface area contributed by atoms with Gasteiger partial charge >= 0.3 is 18.1 Å². The molecule has 9 heteroatoms. The summed E-state index contributed by atoms with van der Waals surface area (Å²) in [6.45, 7) is 4.65. The average molecular weight is 586 g/mol. The Morgan fingerprint density at radius 2 is 1.52 bits per heavy atom. The normalized spacial score (nSPS) is 11.8. The van der Waals surface area contributed by atoms with Crippen LogP contribution in [0.3, 0.4) is 0 Å². The van der Waals surface area contributed by atoms with E-state index in [1.807, 2.05) is 63.2 Å². The van der Waals surface area contributed by atoms with Crippen LogP contribution in [0, 0.1) is 0 Å². The molecule has 0 aliphatic rings. The minimum Gasteiger partial charge on any atom is -0.489 e. The third-order valence-electron chi connectivity index (χ3n) is 6.18. The maximum Gasteiger partial charge on any atom is 0.401 e. The highest BCUT2D eigenvalue weighted by atomic mass is 19.4. The predicted molar refractivity (Wildman–Crippen MR) is 155 cm³/mol. The van der Waals surface area contributed by atoms with Crippen molar-refractivity contribution in [3.63, 3.8) is 0 Å². The van der Waals surface area contributed by atoms with Gasteiger partial charge in [0.1, 0.15) is 18.0 Å². The maximum atomic E-state index is 13.0. The van der Waals surface area contributed by atoms with E-state index in [0.29, 0.717) is 23.3 Å². The number of carbonyl (C=O) groups excluding carboxylic acids is 2. The summed E-state index contributed by atoms with van der Waals surface area (Å²) in [6.07, 6.45) is -3.54. The molecule has 0 radical (unpaired) electrons. The number of methoxy groups -OCH3 is 1. The van der Waals surface area contributed by atoms with Crippen LogP contribution in [0.4, 0.5) is 13.2 Å². The van der Waals surface area contributed by atoms with Crippen molar-refractivity contribution in [3.8, 4) is 16.9 Å². The van der Waals surface area contributed by atoms with Gasteiger partial charge in [0.25, 0.3) is 0 Å². The molecule has 3 aromatic carbocycles. The topological polar surface area (TPSA) is 65.1 Å². The van der Waals surface area contributed by atoms with E-state index >= 15 is 0 Å². The second kappa shape index (κ2) is 14.4. The molecule has 0 aromatic heterocycles. The number of benzene rings is 3. The lowest BCUT2D eigenvalue weighted by atomic mass is 9.97. The van der Waals surface area contributed by atoms with Crippen molar-refractivity contribution in [1.29, 1.82) is 0 Å². The van der Waals surface area contributed by atoms with Crippen LogP contribution in [-0.2, 0) is 45.1 Å². The van der Waals surface area contributed by atoms with Crippen molar-refractivity contribution >= 4 is 11.9 Å². The van der Waals surface area contributed by atoms with Gasteiger partial charge in [-0.05, 0) is 80.3 Å². The van der Waals surface area contributed by atoms with Crippen molar-refractivity contribution in [1.82, 2.24) is 4.90 Å². The molecule has 0 bridgehead atoms. The second-order valence-corrected chi connectivity index (χ2v) is 11.3. The van der Waals surface area contributed by atoms with Crippen molar-refractivity contribution < 1.29 is 37.0 Å². The van der Waals surface area contributed by atoms with E-state index in [-0.39, 0.29) is 32.0 Å². The summed E-state index contributed by atoms with van der Waals surface area (Å²) in [5.74, 6) is -0.155. The predicted octanol–water partition coefficient (Wildman–Crippen LogP) is 6.92. The van der Waals surface area contributed by atoms with Crippen molar-refractivity contribution in [2.24, 2.45) is 0 Å². The van der Waals surface area contributed by atoms with Crippen LogP contribution in [0.2, 0.25) is 0 Å². The molecule has 0 fully saturated rings. The highest BCUT2D eigenvalue weighted by molar-refractivity contribution is 5.73. The number of halogens is 3. The van der Waals surface area contributed by atoms with Gasteiger partial charge in [0.2, 0.25) is 0 Å². The van der Waals surface area contributed by atoms with Crippen molar-refractivity contribution in [2.75, 3.05) is 20.7 Å². The fraction of sp³-hybridized carbons (Fsp3) is 0.394. The standard InChI is InChI=1S/C33H38F3NO5/c1-32(2,3)42-30(38)14-13-23-9-8-11-26(16-23)28-17-24(20-37(4)22-33(34,35)36)15-25(18-28)21-41-29-12-7-6-10-27(29)19-31(39)40-5/h6-12,15-18H,13-14,19-22H2,1-5H3. The van der Waals surface area contributed by atoms with Crippen LogP contribution in [-0.4, -0.2) is 49.3 Å². The maximum absolute atomic E-state index is 13.0. The average Bonchev–Trinajstić information content (AvgIpc) is 2.89. The summed E-state index contributed by atoms with van der Waals surface area (Å²) >= 11 is 0. The molecule has 6 nitrogen and oxygen atoms in total. The Kier molecular flexibility index (Phi) is 11.2. The number of aryl methyl sites for hydroxylation is 1. The number of esters is 2. The molecular formula is C33H38F3NO5. The molecule has 0 unspecified atom stereocenters. The molecule has 0 heterocycles. The third kappa shape index (κ3) is 11.2. The molecule has 0 aliphatic heterocycles. The zero-order valence-corrected chi connectivity index (χ0v) is 24.7. The summed E-state index contributed by atoms with van der Waals surface area (Å²) in [4.78, 5) is 25.3. The molecule has 0 saturated carbocycles. The van der Waals surface area contributed by atoms with E-state index in [9.17, 15) is 22.8 Å². The molecule has 0 aliphatic carbocycles. The SMILES string of the molecule is COC(=O)Cc1ccccc1OCc1cc(CN(C)CC(F)(F)F)cc(-c2cccc(CCC(=O)OC(C)(C)C)c2)c1. The minimum absolute atomic E-state index is 0.0519. The minimum atomic E-state index is -4.32. The number of ether oxygens (including phenoxy) is 3. The number of para-hydroxylation sites is 1. The van der Waals surface area contributed by atoms with Gasteiger partial charge in [-0.2, -0.15) is 13.2 Å². The first-order valence-electron chi connectivity index (χ1n) is 13.7. The molecule has 42 heavy (non-hydrogen) atoms. The van der Waals surface area contributed by atoms with Crippen LogP contribution in [0.1, 0.15) is 49.4 Å². The van der Waals surface area contributed by atoms with Crippen LogP contribution in [0.25, 0.3) is 11.1 Å². The first kappa shape index (κ1) is 32.7. The van der Waals surface area contributed by atoms with Gasteiger partial charge in [-0.25, -0.2) is 0 Å². The van der Waals surface area contributed by atoms with Crippen molar-refractivity contribution in [2.45, 2.75) is 65.0 Å². The molecule has 0 N–H and O–H groups in total. The summed E-state index contributed by atoms with van der Waals surface area (Å²) in [5, 5.41) is 0. The lowest BCUT2D eigenvalue weighted by Gasteiger charge is -2.20. The smallest absolute Gasteiger partial charge is 0.401 e. The molecule has 0 atom stereocenters. The zero-order chi connectivity index (χ0) is 30.9. The molecule has 226 valence electrons. The summed E-state index contributed by atoms with van der Waals surface area (Å²) in [7, 11) is 2.75. The van der Waals surface area contributed by atoms with Crippen LogP contribution in [0.15, 0.2) is 66.7 Å². The van der Waals surface area contributed by atoms with Gasteiger partial charge in [0.15, 0.2) is 0 Å². The Labute approximate surface area is 245 Å². The molecule has 3 rings (SSSR count). The molecule has 0 spiro atoms. The number of alkyl halides is 3. The highest BCUT2D eigenvalue weighted by Gasteiger charge is 2.29. The molecular weight excluding hydrogens is 547 g/mol. The Morgan fingerprint density at radius 3 is 2.21 bits per heavy atom. The monoisotopic (exact) mass is 585 g/mol. The van der Waals surface area contributed by atoms with Crippen LogP contribution < -0.4 is 4.74 Å². The third-order valence-corrected chi connectivity index (χ3v) is 6.18. The number of carbonyl (C=O) groups is 2. The van der Waals surface area contributed by atoms with Gasteiger partial charge in [-0.3, -0.25) is 14.5 Å². The lowest BCUT2D eigenvalue weighted by molar-refractivity contribution is -0.154. The summed E-state index contributed by atoms with van der Waals surface area (Å²) < 4.78 is 55.4. The highest BCUT2D eigenvalue weighted by Crippen LogP contribution is 2.27. The number of hydrogen-bond donors (Lipinski definition) is 0. The van der Waals surface area contributed by atoms with Crippen LogP contribution >= 0.6 is 0 Å². The zero-order valence-electron chi connectivity index (χ0n) is 24.7. The fourth-order valence-corrected chi connectivity index (χ4v) is 4.50. The van der Waals surface area contributed by atoms with E-state index in [4.69, 9.17) is 14.2 Å². The largest absolute Gasteiger partial charge is 0.489 e. The second-order valence-electron chi connectivity index (χ2n) is 11.3. The fourth-order valence-electron chi connectivity index (χ4n) is 4.50. The molecule has 0 saturated heterocycles. The van der Waals surface area contributed by atoms with Gasteiger partial charge in [0.05, 0.1) is 20.1 Å². The number of rotatable bonds is 12. The Balaban J connectivity index is 1.87. The molecule has 0 amide bonds. The molecule has 3 aromatic rings. The Bertz CT molecular complexity index is 1360. The van der Waals surface area contributed by atoms with Gasteiger partial charge < -0.3 is 14.2 Å². The van der Waals surface area contributed by atoms with Gasteiger partial charge in [-0.1, -0.05) is 48.5 Å². The van der Waals surface area contributed by atoms with E-state index < -0.39 is 24.3 Å². The van der Waals surface area contributed by atoms with E-state index in [2.05, 4.69) is 0 Å².